The summed E-state index contributed by atoms with van der Waals surface area (Å²) in [6, 6.07) is 0. The lowest BCUT2D eigenvalue weighted by atomic mass is 9.77. The summed E-state index contributed by atoms with van der Waals surface area (Å²) in [6.07, 6.45) is 5.17. The summed E-state index contributed by atoms with van der Waals surface area (Å²) in [5.74, 6) is 3.27. The van der Waals surface area contributed by atoms with Crippen molar-refractivity contribution in [2.75, 3.05) is 24.7 Å². The first-order valence-electron chi connectivity index (χ1n) is 7.72. The maximum Gasteiger partial charge on any atom is 0.0862 e. The van der Waals surface area contributed by atoms with Gasteiger partial charge in [0.1, 0.15) is 0 Å². The van der Waals surface area contributed by atoms with Crippen molar-refractivity contribution in [3.8, 4) is 0 Å². The average molecular weight is 286 g/mol. The highest BCUT2D eigenvalue weighted by atomic mass is 32.2. The lowest BCUT2D eigenvalue weighted by molar-refractivity contribution is -0.139. The highest BCUT2D eigenvalue weighted by Crippen LogP contribution is 2.42. The molecule has 0 aromatic rings. The Hall–Kier alpha value is 0.230. The molecule has 110 valence electrons. The van der Waals surface area contributed by atoms with Crippen molar-refractivity contribution >= 4 is 11.8 Å². The van der Waals surface area contributed by atoms with Crippen LogP contribution in [0.5, 0.6) is 0 Å². The SMILES string of the molecule is CC1CCOC1C(O)C1CCOC2(CCSCC2)C1. The lowest BCUT2D eigenvalue weighted by Gasteiger charge is -2.45. The molecule has 0 bridgehead atoms. The van der Waals surface area contributed by atoms with Crippen molar-refractivity contribution in [3.63, 3.8) is 0 Å². The monoisotopic (exact) mass is 286 g/mol. The second-order valence-corrected chi connectivity index (χ2v) is 7.71. The first-order chi connectivity index (χ1) is 9.20. The Morgan fingerprint density at radius 1 is 1.21 bits per heavy atom. The van der Waals surface area contributed by atoms with E-state index in [0.29, 0.717) is 11.8 Å². The zero-order valence-electron chi connectivity index (χ0n) is 11.8. The number of ether oxygens (including phenoxy) is 2. The van der Waals surface area contributed by atoms with Crippen LogP contribution in [-0.2, 0) is 9.47 Å². The van der Waals surface area contributed by atoms with Crippen LogP contribution in [0.15, 0.2) is 0 Å². The largest absolute Gasteiger partial charge is 0.390 e. The van der Waals surface area contributed by atoms with E-state index in [2.05, 4.69) is 6.92 Å². The predicted molar refractivity (Wildman–Crippen MR) is 77.5 cm³/mol. The van der Waals surface area contributed by atoms with E-state index in [0.717, 1.165) is 45.3 Å². The van der Waals surface area contributed by atoms with Crippen LogP contribution in [0.1, 0.15) is 39.0 Å². The molecule has 0 radical (unpaired) electrons. The normalized spacial score (nSPS) is 40.4. The second kappa shape index (κ2) is 5.92. The molecule has 4 heteroatoms. The number of rotatable bonds is 2. The summed E-state index contributed by atoms with van der Waals surface area (Å²) in [6.45, 7) is 3.83. The predicted octanol–water partition coefficient (Wildman–Crippen LogP) is 2.46. The van der Waals surface area contributed by atoms with E-state index >= 15 is 0 Å². The Bertz CT molecular complexity index is 298. The van der Waals surface area contributed by atoms with Crippen molar-refractivity contribution in [2.24, 2.45) is 11.8 Å². The number of aliphatic hydroxyl groups excluding tert-OH is 1. The maximum atomic E-state index is 10.7. The number of hydrogen-bond donors (Lipinski definition) is 1. The van der Waals surface area contributed by atoms with E-state index < -0.39 is 0 Å². The van der Waals surface area contributed by atoms with Crippen LogP contribution >= 0.6 is 11.8 Å². The van der Waals surface area contributed by atoms with Crippen LogP contribution in [-0.4, -0.2) is 47.6 Å². The molecule has 19 heavy (non-hydrogen) atoms. The van der Waals surface area contributed by atoms with Crippen LogP contribution in [0.4, 0.5) is 0 Å². The molecule has 3 aliphatic rings. The minimum atomic E-state index is -0.298. The molecule has 4 unspecified atom stereocenters. The highest BCUT2D eigenvalue weighted by molar-refractivity contribution is 7.99. The van der Waals surface area contributed by atoms with Crippen molar-refractivity contribution in [3.05, 3.63) is 0 Å². The van der Waals surface area contributed by atoms with Crippen LogP contribution < -0.4 is 0 Å². The molecular weight excluding hydrogens is 260 g/mol. The quantitative estimate of drug-likeness (QED) is 0.846. The zero-order valence-corrected chi connectivity index (χ0v) is 12.7. The summed E-state index contributed by atoms with van der Waals surface area (Å²) in [4.78, 5) is 0. The van der Waals surface area contributed by atoms with Gasteiger partial charge in [0, 0.05) is 13.2 Å². The van der Waals surface area contributed by atoms with Crippen molar-refractivity contribution in [1.82, 2.24) is 0 Å². The molecule has 0 saturated carbocycles. The van der Waals surface area contributed by atoms with Crippen molar-refractivity contribution in [1.29, 1.82) is 0 Å². The molecule has 0 aromatic heterocycles. The Kier molecular flexibility index (Phi) is 4.42. The Morgan fingerprint density at radius 2 is 2.00 bits per heavy atom. The molecule has 3 fully saturated rings. The Balaban J connectivity index is 1.64. The minimum absolute atomic E-state index is 0.0538. The molecule has 3 heterocycles. The third-order valence-corrected chi connectivity index (χ3v) is 6.18. The third kappa shape index (κ3) is 2.97. The molecule has 3 nitrogen and oxygen atoms in total. The van der Waals surface area contributed by atoms with E-state index in [4.69, 9.17) is 9.47 Å². The standard InChI is InChI=1S/C15H26O3S/c1-11-2-6-17-14(11)13(16)12-3-7-18-15(10-12)4-8-19-9-5-15/h11-14,16H,2-10H2,1H3. The van der Waals surface area contributed by atoms with Crippen molar-refractivity contribution < 1.29 is 14.6 Å². The molecular formula is C15H26O3S. The van der Waals surface area contributed by atoms with Crippen LogP contribution in [0.25, 0.3) is 0 Å². The van der Waals surface area contributed by atoms with E-state index in [-0.39, 0.29) is 17.8 Å². The van der Waals surface area contributed by atoms with Gasteiger partial charge in [0.05, 0.1) is 17.8 Å². The first-order valence-corrected chi connectivity index (χ1v) is 8.87. The van der Waals surface area contributed by atoms with Crippen LogP contribution in [0.3, 0.4) is 0 Å². The fraction of sp³-hybridized carbons (Fsp3) is 1.00. The molecule has 1 N–H and O–H groups in total. The molecule has 0 aliphatic carbocycles. The Morgan fingerprint density at radius 3 is 2.68 bits per heavy atom. The lowest BCUT2D eigenvalue weighted by Crippen LogP contribution is -2.48. The van der Waals surface area contributed by atoms with E-state index in [1.165, 1.54) is 11.5 Å². The fourth-order valence-electron chi connectivity index (χ4n) is 3.87. The summed E-state index contributed by atoms with van der Waals surface area (Å²) in [7, 11) is 0. The second-order valence-electron chi connectivity index (χ2n) is 6.49. The van der Waals surface area contributed by atoms with Crippen LogP contribution in [0.2, 0.25) is 0 Å². The molecule has 3 aliphatic heterocycles. The zero-order chi connectivity index (χ0) is 13.3. The Labute approximate surface area is 120 Å². The van der Waals surface area contributed by atoms with Gasteiger partial charge in [0.25, 0.3) is 0 Å². The van der Waals surface area contributed by atoms with Crippen LogP contribution in [0, 0.1) is 11.8 Å². The number of thioether (sulfide) groups is 1. The average Bonchev–Trinajstić information content (AvgIpc) is 2.85. The number of aliphatic hydroxyl groups is 1. The highest BCUT2D eigenvalue weighted by Gasteiger charge is 2.44. The van der Waals surface area contributed by atoms with Gasteiger partial charge in [0.2, 0.25) is 0 Å². The summed E-state index contributed by atoms with van der Waals surface area (Å²) in [5, 5.41) is 10.7. The van der Waals surface area contributed by atoms with E-state index in [1.54, 1.807) is 0 Å². The maximum absolute atomic E-state index is 10.7. The van der Waals surface area contributed by atoms with E-state index in [9.17, 15) is 5.11 Å². The molecule has 4 atom stereocenters. The van der Waals surface area contributed by atoms with Crippen molar-refractivity contribution in [2.45, 2.75) is 56.8 Å². The van der Waals surface area contributed by atoms with Gasteiger partial charge in [-0.05, 0) is 55.4 Å². The van der Waals surface area contributed by atoms with Gasteiger partial charge in [-0.25, -0.2) is 0 Å². The van der Waals surface area contributed by atoms with Gasteiger partial charge in [0.15, 0.2) is 0 Å². The molecule has 1 spiro atoms. The molecule has 3 rings (SSSR count). The summed E-state index contributed by atoms with van der Waals surface area (Å²) < 4.78 is 11.9. The van der Waals surface area contributed by atoms with Gasteiger partial charge in [-0.1, -0.05) is 6.92 Å². The summed E-state index contributed by atoms with van der Waals surface area (Å²) >= 11 is 2.03. The van der Waals surface area contributed by atoms with Gasteiger partial charge in [-0.15, -0.1) is 0 Å². The summed E-state index contributed by atoms with van der Waals surface area (Å²) in [5.41, 5.74) is 0.0665. The third-order valence-electron chi connectivity index (χ3n) is 5.20. The minimum Gasteiger partial charge on any atom is -0.390 e. The molecule has 0 amide bonds. The van der Waals surface area contributed by atoms with E-state index in [1.807, 2.05) is 11.8 Å². The topological polar surface area (TPSA) is 38.7 Å². The van der Waals surface area contributed by atoms with Gasteiger partial charge >= 0.3 is 0 Å². The fourth-order valence-corrected chi connectivity index (χ4v) is 5.11. The van der Waals surface area contributed by atoms with Gasteiger partial charge in [-0.2, -0.15) is 11.8 Å². The molecule has 3 saturated heterocycles. The molecule has 0 aromatic carbocycles. The smallest absolute Gasteiger partial charge is 0.0862 e. The number of hydrogen-bond acceptors (Lipinski definition) is 4. The van der Waals surface area contributed by atoms with Gasteiger partial charge < -0.3 is 14.6 Å². The van der Waals surface area contributed by atoms with Gasteiger partial charge in [-0.3, -0.25) is 0 Å². The first kappa shape index (κ1) is 14.2.